The molecular formula is C38H38BrF6N3O5. The van der Waals surface area contributed by atoms with Crippen LogP contribution in [-0.2, 0) is 19.1 Å². The van der Waals surface area contributed by atoms with Crippen LogP contribution < -0.4 is 10.6 Å². The fourth-order valence-electron chi connectivity index (χ4n) is 6.11. The van der Waals surface area contributed by atoms with Gasteiger partial charge >= 0.3 is 12.1 Å². The molecule has 53 heavy (non-hydrogen) atoms. The molecule has 2 atom stereocenters. The third-order valence-electron chi connectivity index (χ3n) is 8.69. The Balaban J connectivity index is 1.88. The van der Waals surface area contributed by atoms with E-state index in [-0.39, 0.29) is 60.4 Å². The number of carbonyl (C=O) groups is 3. The van der Waals surface area contributed by atoms with E-state index >= 15 is 8.78 Å². The number of aryl methyl sites for hydroxylation is 2. The number of allylic oxidation sites excluding steroid dienone is 1. The van der Waals surface area contributed by atoms with Crippen molar-refractivity contribution in [3.05, 3.63) is 110 Å². The molecule has 3 aromatic carbocycles. The smallest absolute Gasteiger partial charge is 0.416 e. The summed E-state index contributed by atoms with van der Waals surface area (Å²) < 4.78 is 94.9. The van der Waals surface area contributed by atoms with E-state index in [1.54, 1.807) is 24.0 Å². The average Bonchev–Trinajstić information content (AvgIpc) is 3.06. The van der Waals surface area contributed by atoms with Crippen LogP contribution in [0.1, 0.15) is 54.0 Å². The lowest BCUT2D eigenvalue weighted by Gasteiger charge is -2.34. The van der Waals surface area contributed by atoms with Crippen LogP contribution in [0.5, 0.6) is 5.75 Å². The zero-order valence-electron chi connectivity index (χ0n) is 29.0. The molecule has 2 amide bonds. The largest absolute Gasteiger partial charge is 0.507 e. The number of likely N-dealkylation sites (tertiary alicyclic amines) is 1. The van der Waals surface area contributed by atoms with E-state index in [9.17, 15) is 37.1 Å². The number of phenols is 1. The molecule has 1 aliphatic heterocycles. The highest BCUT2D eigenvalue weighted by Crippen LogP contribution is 2.39. The van der Waals surface area contributed by atoms with Crippen molar-refractivity contribution in [3.8, 4) is 16.9 Å². The number of amides is 2. The molecular weight excluding hydrogens is 772 g/mol. The van der Waals surface area contributed by atoms with Crippen LogP contribution in [0.15, 0.2) is 76.4 Å². The average molecular weight is 811 g/mol. The van der Waals surface area contributed by atoms with Crippen molar-refractivity contribution in [1.82, 2.24) is 15.5 Å². The first-order chi connectivity index (χ1) is 25.0. The third kappa shape index (κ3) is 10.5. The summed E-state index contributed by atoms with van der Waals surface area (Å²) in [6.07, 6.45) is -5.82. The topological polar surface area (TPSA) is 108 Å². The Morgan fingerprint density at radius 3 is 2.42 bits per heavy atom. The second-order valence-electron chi connectivity index (χ2n) is 12.5. The zero-order chi connectivity index (χ0) is 39.0. The first kappa shape index (κ1) is 41.1. The van der Waals surface area contributed by atoms with Crippen molar-refractivity contribution in [3.63, 3.8) is 0 Å². The predicted molar refractivity (Wildman–Crippen MR) is 189 cm³/mol. The normalized spacial score (nSPS) is 15.4. The van der Waals surface area contributed by atoms with Gasteiger partial charge in [0.25, 0.3) is 0 Å². The number of ether oxygens (including phenoxy) is 1. The van der Waals surface area contributed by atoms with E-state index in [0.717, 1.165) is 18.3 Å². The molecule has 1 unspecified atom stereocenters. The van der Waals surface area contributed by atoms with E-state index in [1.807, 2.05) is 0 Å². The van der Waals surface area contributed by atoms with Crippen molar-refractivity contribution < 1.29 is 50.6 Å². The van der Waals surface area contributed by atoms with Crippen LogP contribution in [0.3, 0.4) is 0 Å². The number of aromatic hydroxyl groups is 1. The monoisotopic (exact) mass is 809 g/mol. The quantitative estimate of drug-likeness (QED) is 0.0627. The van der Waals surface area contributed by atoms with Crippen molar-refractivity contribution in [2.75, 3.05) is 26.2 Å². The van der Waals surface area contributed by atoms with Gasteiger partial charge in [0.2, 0.25) is 12.3 Å². The maximum atomic E-state index is 16.0. The standard InChI is InChI=1S/C38H38BrF6N3O5/c1-4-53-34(51)16-32(29-13-24(12-22(3)36(29)42)35-21(2)6-5-7-33(35)50)47-37(52)28(27-14-25(39)8-9-31(27)41)15-30(38(43,44)45)23(17-46-20-49)10-11-48-18-26(40)19-48/h5-9,12-15,17,20,26,28,32,50H,4,10-11,16,18-19H2,1-3H3,(H,46,49)(H,47,52)/b23-17-,30-15+/t28?,32-/m0/s1. The van der Waals surface area contributed by atoms with Gasteiger partial charge in [0.1, 0.15) is 23.6 Å². The van der Waals surface area contributed by atoms with E-state index in [1.165, 1.54) is 38.1 Å². The van der Waals surface area contributed by atoms with Crippen LogP contribution in [0.4, 0.5) is 26.3 Å². The number of alkyl halides is 4. The molecule has 3 aromatic rings. The molecule has 284 valence electrons. The summed E-state index contributed by atoms with van der Waals surface area (Å²) in [6.45, 7) is 4.59. The van der Waals surface area contributed by atoms with E-state index < -0.39 is 70.9 Å². The number of halogens is 7. The maximum absolute atomic E-state index is 16.0. The Labute approximate surface area is 311 Å². The Hall–Kier alpha value is -4.63. The molecule has 0 aromatic heterocycles. The van der Waals surface area contributed by atoms with E-state index in [0.29, 0.717) is 22.8 Å². The number of carbonyl (C=O) groups excluding carboxylic acids is 3. The predicted octanol–water partition coefficient (Wildman–Crippen LogP) is 7.77. The molecule has 4 rings (SSSR count). The summed E-state index contributed by atoms with van der Waals surface area (Å²) in [5.41, 5.74) is -1.24. The van der Waals surface area contributed by atoms with Gasteiger partial charge in [-0.05, 0) is 85.9 Å². The van der Waals surface area contributed by atoms with Crippen molar-refractivity contribution in [2.45, 2.75) is 57.9 Å². The number of esters is 1. The third-order valence-corrected chi connectivity index (χ3v) is 9.18. The molecule has 0 radical (unpaired) electrons. The lowest BCUT2D eigenvalue weighted by atomic mass is 9.89. The van der Waals surface area contributed by atoms with E-state index in [2.05, 4.69) is 26.6 Å². The van der Waals surface area contributed by atoms with Crippen LogP contribution in [-0.4, -0.2) is 66.9 Å². The SMILES string of the molecule is CCOC(=O)C[C@H](NC(=O)C(/C=C(\C(=C/NC=O)CCN1CC(F)C1)C(F)(F)F)c1cc(Br)ccc1F)c1cc(-c2c(C)cccc2O)cc(C)c1F. The van der Waals surface area contributed by atoms with Gasteiger partial charge in [0, 0.05) is 47.0 Å². The number of hydrogen-bond donors (Lipinski definition) is 3. The highest BCUT2D eigenvalue weighted by atomic mass is 79.9. The van der Waals surface area contributed by atoms with Crippen molar-refractivity contribution in [2.24, 2.45) is 0 Å². The molecule has 15 heteroatoms. The summed E-state index contributed by atoms with van der Waals surface area (Å²) in [4.78, 5) is 39.8. The summed E-state index contributed by atoms with van der Waals surface area (Å²) in [5.74, 6) is -6.15. The molecule has 0 bridgehead atoms. The van der Waals surface area contributed by atoms with Crippen LogP contribution in [0.2, 0.25) is 0 Å². The fourth-order valence-corrected chi connectivity index (χ4v) is 6.49. The van der Waals surface area contributed by atoms with Crippen LogP contribution >= 0.6 is 15.9 Å². The lowest BCUT2D eigenvalue weighted by Crippen LogP contribution is -2.48. The number of phenolic OH excluding ortho intramolecular Hbond substituents is 1. The van der Waals surface area contributed by atoms with Crippen LogP contribution in [0, 0.1) is 25.5 Å². The minimum absolute atomic E-state index is 0.0102. The van der Waals surface area contributed by atoms with Gasteiger partial charge < -0.3 is 20.5 Å². The first-order valence-corrected chi connectivity index (χ1v) is 17.4. The molecule has 1 aliphatic rings. The number of nitrogens with one attached hydrogen (secondary N) is 2. The second-order valence-corrected chi connectivity index (χ2v) is 13.4. The Bertz CT molecular complexity index is 1870. The van der Waals surface area contributed by atoms with Crippen LogP contribution in [0.25, 0.3) is 11.1 Å². The highest BCUT2D eigenvalue weighted by molar-refractivity contribution is 9.10. The summed E-state index contributed by atoms with van der Waals surface area (Å²) >= 11 is 3.17. The van der Waals surface area contributed by atoms with Crippen molar-refractivity contribution in [1.29, 1.82) is 0 Å². The Kier molecular flexibility index (Phi) is 13.9. The molecule has 1 saturated heterocycles. The number of rotatable bonds is 15. The summed E-state index contributed by atoms with van der Waals surface area (Å²) in [6, 6.07) is 9.31. The number of benzene rings is 3. The van der Waals surface area contributed by atoms with Gasteiger partial charge in [0.15, 0.2) is 0 Å². The number of hydrogen-bond acceptors (Lipinski definition) is 6. The van der Waals surface area contributed by atoms with Gasteiger partial charge in [-0.1, -0.05) is 34.1 Å². The Morgan fingerprint density at radius 1 is 1.08 bits per heavy atom. The highest BCUT2D eigenvalue weighted by Gasteiger charge is 2.39. The van der Waals surface area contributed by atoms with Gasteiger partial charge in [-0.3, -0.25) is 19.3 Å². The van der Waals surface area contributed by atoms with Gasteiger partial charge in [-0.25, -0.2) is 13.2 Å². The fraction of sp³-hybridized carbons (Fsp3) is 0.342. The minimum Gasteiger partial charge on any atom is -0.507 e. The molecule has 1 heterocycles. The maximum Gasteiger partial charge on any atom is 0.416 e. The molecule has 1 fully saturated rings. The lowest BCUT2D eigenvalue weighted by molar-refractivity contribution is -0.143. The van der Waals surface area contributed by atoms with Gasteiger partial charge in [-0.15, -0.1) is 0 Å². The molecule has 0 spiro atoms. The van der Waals surface area contributed by atoms with Gasteiger partial charge in [-0.2, -0.15) is 13.2 Å². The molecule has 3 N–H and O–H groups in total. The molecule has 0 saturated carbocycles. The van der Waals surface area contributed by atoms with Gasteiger partial charge in [0.05, 0.1) is 30.6 Å². The zero-order valence-corrected chi connectivity index (χ0v) is 30.6. The first-order valence-electron chi connectivity index (χ1n) is 16.6. The summed E-state index contributed by atoms with van der Waals surface area (Å²) in [7, 11) is 0. The number of nitrogens with zero attached hydrogens (tertiary/aromatic N) is 1. The molecule has 8 nitrogen and oxygen atoms in total. The second kappa shape index (κ2) is 17.9. The van der Waals surface area contributed by atoms with Crippen molar-refractivity contribution >= 4 is 34.2 Å². The summed E-state index contributed by atoms with van der Waals surface area (Å²) in [5, 5.41) is 15.2. The Morgan fingerprint density at radius 2 is 1.79 bits per heavy atom. The minimum atomic E-state index is -5.15. The molecule has 0 aliphatic carbocycles. The van der Waals surface area contributed by atoms with E-state index in [4.69, 9.17) is 4.74 Å².